The van der Waals surface area contributed by atoms with Crippen molar-refractivity contribution in [2.24, 2.45) is 0 Å². The molecule has 26 heavy (non-hydrogen) atoms. The van der Waals surface area contributed by atoms with E-state index in [9.17, 15) is 4.79 Å². The summed E-state index contributed by atoms with van der Waals surface area (Å²) in [6, 6.07) is 9.25. The van der Waals surface area contributed by atoms with E-state index in [1.165, 1.54) is 0 Å². The third-order valence-electron chi connectivity index (χ3n) is 4.17. The number of H-pyrrole nitrogens is 1. The van der Waals surface area contributed by atoms with Gasteiger partial charge in [-0.2, -0.15) is 5.10 Å². The summed E-state index contributed by atoms with van der Waals surface area (Å²) < 4.78 is 12.1. The molecular formula is C19H14BrN3O3. The van der Waals surface area contributed by atoms with Crippen molar-refractivity contribution in [1.82, 2.24) is 15.2 Å². The molecule has 6 nitrogen and oxygen atoms in total. The van der Waals surface area contributed by atoms with Crippen molar-refractivity contribution >= 4 is 26.9 Å². The van der Waals surface area contributed by atoms with Gasteiger partial charge in [0.05, 0.1) is 15.6 Å². The van der Waals surface area contributed by atoms with Crippen LogP contribution in [0.25, 0.3) is 22.1 Å². The number of fused-ring (bicyclic) bond motifs is 1. The molecule has 3 heterocycles. The number of aromatic amines is 1. The van der Waals surface area contributed by atoms with Crippen molar-refractivity contribution in [2.75, 3.05) is 0 Å². The first kappa shape index (κ1) is 16.5. The van der Waals surface area contributed by atoms with Gasteiger partial charge in [0, 0.05) is 23.4 Å². The maximum atomic E-state index is 11.8. The van der Waals surface area contributed by atoms with Crippen LogP contribution in [0.3, 0.4) is 0 Å². The van der Waals surface area contributed by atoms with Crippen molar-refractivity contribution in [1.29, 1.82) is 0 Å². The van der Waals surface area contributed by atoms with E-state index in [4.69, 9.17) is 9.15 Å². The normalized spacial score (nSPS) is 11.0. The first-order chi connectivity index (χ1) is 12.5. The summed E-state index contributed by atoms with van der Waals surface area (Å²) in [6.07, 6.45) is 3.24. The highest BCUT2D eigenvalue weighted by atomic mass is 79.9. The standard InChI is InChI=1S/C19H14BrN3O3/c1-10-16(11(2)22-23-18(10)24)12-3-5-13(6-4-12)26-19-17-14(20)9-25-15(17)7-8-21-19/h3-9H,1-2H3,(H,23,24). The molecule has 0 aliphatic carbocycles. The molecule has 3 aromatic heterocycles. The molecule has 0 bridgehead atoms. The Morgan fingerprint density at radius 2 is 1.92 bits per heavy atom. The van der Waals surface area contributed by atoms with Gasteiger partial charge in [0.2, 0.25) is 5.88 Å². The average Bonchev–Trinajstić information content (AvgIpc) is 3.02. The SMILES string of the molecule is Cc1n[nH]c(=O)c(C)c1-c1ccc(Oc2nccc3occ(Br)c23)cc1. The second-order valence-electron chi connectivity index (χ2n) is 5.84. The Bertz CT molecular complexity index is 1160. The Morgan fingerprint density at radius 3 is 2.69 bits per heavy atom. The van der Waals surface area contributed by atoms with Crippen LogP contribution in [0.1, 0.15) is 11.3 Å². The monoisotopic (exact) mass is 411 g/mol. The average molecular weight is 412 g/mol. The van der Waals surface area contributed by atoms with Crippen molar-refractivity contribution in [3.05, 3.63) is 68.9 Å². The summed E-state index contributed by atoms with van der Waals surface area (Å²) >= 11 is 3.44. The van der Waals surface area contributed by atoms with Gasteiger partial charge in [-0.3, -0.25) is 4.79 Å². The zero-order chi connectivity index (χ0) is 18.3. The Morgan fingerprint density at radius 1 is 1.15 bits per heavy atom. The zero-order valence-corrected chi connectivity index (χ0v) is 15.6. The minimum Gasteiger partial charge on any atom is -0.463 e. The number of rotatable bonds is 3. The molecule has 4 rings (SSSR count). The summed E-state index contributed by atoms with van der Waals surface area (Å²) in [5.74, 6) is 1.09. The number of nitrogens with zero attached hydrogens (tertiary/aromatic N) is 2. The first-order valence-corrected chi connectivity index (χ1v) is 8.70. The van der Waals surface area contributed by atoms with Gasteiger partial charge in [-0.15, -0.1) is 0 Å². The van der Waals surface area contributed by atoms with Crippen molar-refractivity contribution in [2.45, 2.75) is 13.8 Å². The van der Waals surface area contributed by atoms with E-state index in [1.54, 1.807) is 25.5 Å². The molecule has 0 fully saturated rings. The van der Waals surface area contributed by atoms with Gasteiger partial charge < -0.3 is 9.15 Å². The largest absolute Gasteiger partial charge is 0.463 e. The number of halogens is 1. The minimum absolute atomic E-state index is 0.188. The fourth-order valence-corrected chi connectivity index (χ4v) is 3.34. The van der Waals surface area contributed by atoms with Crippen molar-refractivity contribution in [3.63, 3.8) is 0 Å². The Kier molecular flexibility index (Phi) is 4.08. The molecule has 0 aliphatic rings. The predicted molar refractivity (Wildman–Crippen MR) is 102 cm³/mol. The topological polar surface area (TPSA) is 81.0 Å². The summed E-state index contributed by atoms with van der Waals surface area (Å²) in [7, 11) is 0. The van der Waals surface area contributed by atoms with Crippen LogP contribution in [0.4, 0.5) is 0 Å². The second-order valence-corrected chi connectivity index (χ2v) is 6.69. The van der Waals surface area contributed by atoms with Crippen molar-refractivity contribution < 1.29 is 9.15 Å². The molecule has 0 saturated carbocycles. The van der Waals surface area contributed by atoms with Crippen LogP contribution in [0.15, 0.2) is 56.5 Å². The fraction of sp³-hybridized carbons (Fsp3) is 0.105. The highest BCUT2D eigenvalue weighted by molar-refractivity contribution is 9.10. The lowest BCUT2D eigenvalue weighted by Crippen LogP contribution is -2.14. The van der Waals surface area contributed by atoms with Gasteiger partial charge in [-0.25, -0.2) is 10.1 Å². The van der Waals surface area contributed by atoms with Crippen LogP contribution in [0, 0.1) is 13.8 Å². The number of nitrogens with one attached hydrogen (secondary N) is 1. The number of ether oxygens (including phenoxy) is 1. The Balaban J connectivity index is 1.70. The molecule has 0 saturated heterocycles. The number of pyridine rings is 1. The Labute approximate surface area is 157 Å². The van der Waals surface area contributed by atoms with Crippen LogP contribution in [0.2, 0.25) is 0 Å². The fourth-order valence-electron chi connectivity index (χ4n) is 2.88. The van der Waals surface area contributed by atoms with E-state index < -0.39 is 0 Å². The van der Waals surface area contributed by atoms with E-state index in [0.29, 0.717) is 22.8 Å². The third-order valence-corrected chi connectivity index (χ3v) is 4.75. The van der Waals surface area contributed by atoms with Crippen molar-refractivity contribution in [3.8, 4) is 22.8 Å². The number of hydrogen-bond donors (Lipinski definition) is 1. The number of aryl methyl sites for hydroxylation is 1. The number of aromatic nitrogens is 3. The molecule has 0 atom stereocenters. The summed E-state index contributed by atoms with van der Waals surface area (Å²) in [6.45, 7) is 3.65. The molecule has 0 spiro atoms. The quantitative estimate of drug-likeness (QED) is 0.525. The molecule has 1 N–H and O–H groups in total. The smallest absolute Gasteiger partial charge is 0.267 e. The predicted octanol–water partition coefficient (Wildman–Crippen LogP) is 4.75. The van der Waals surface area contributed by atoms with Crippen LogP contribution in [0.5, 0.6) is 11.6 Å². The van der Waals surface area contributed by atoms with Gasteiger partial charge >= 0.3 is 0 Å². The van der Waals surface area contributed by atoms with Gasteiger partial charge in [0.25, 0.3) is 5.56 Å². The summed E-state index contributed by atoms with van der Waals surface area (Å²) in [5.41, 5.74) is 3.65. The Hall–Kier alpha value is -2.93. The second kappa shape index (κ2) is 6.42. The number of benzene rings is 1. The maximum Gasteiger partial charge on any atom is 0.267 e. The summed E-state index contributed by atoms with van der Waals surface area (Å²) in [5, 5.41) is 7.32. The van der Waals surface area contributed by atoms with Gasteiger partial charge in [-0.1, -0.05) is 12.1 Å². The number of furan rings is 1. The van der Waals surface area contributed by atoms with Gasteiger partial charge in [0.15, 0.2) is 0 Å². The molecule has 7 heteroatoms. The van der Waals surface area contributed by atoms with E-state index >= 15 is 0 Å². The molecule has 130 valence electrons. The van der Waals surface area contributed by atoms with E-state index in [0.717, 1.165) is 26.7 Å². The minimum atomic E-state index is -0.188. The molecule has 0 unspecified atom stereocenters. The summed E-state index contributed by atoms with van der Waals surface area (Å²) in [4.78, 5) is 16.1. The van der Waals surface area contributed by atoms with E-state index in [2.05, 4.69) is 31.1 Å². The van der Waals surface area contributed by atoms with Crippen LogP contribution in [-0.2, 0) is 0 Å². The van der Waals surface area contributed by atoms with E-state index in [1.807, 2.05) is 31.2 Å². The van der Waals surface area contributed by atoms with Gasteiger partial charge in [0.1, 0.15) is 17.6 Å². The lowest BCUT2D eigenvalue weighted by atomic mass is 10.0. The van der Waals surface area contributed by atoms with Crippen LogP contribution < -0.4 is 10.3 Å². The lowest BCUT2D eigenvalue weighted by molar-refractivity contribution is 0.468. The molecule has 0 amide bonds. The van der Waals surface area contributed by atoms with E-state index in [-0.39, 0.29) is 5.56 Å². The zero-order valence-electron chi connectivity index (χ0n) is 14.0. The molecule has 4 aromatic rings. The van der Waals surface area contributed by atoms with Crippen LogP contribution in [-0.4, -0.2) is 15.2 Å². The van der Waals surface area contributed by atoms with Gasteiger partial charge in [-0.05, 0) is 47.5 Å². The lowest BCUT2D eigenvalue weighted by Gasteiger charge is -2.10. The highest BCUT2D eigenvalue weighted by Gasteiger charge is 2.13. The molecule has 1 aromatic carbocycles. The highest BCUT2D eigenvalue weighted by Crippen LogP contribution is 2.35. The third kappa shape index (κ3) is 2.80. The molecule has 0 aliphatic heterocycles. The first-order valence-electron chi connectivity index (χ1n) is 7.90. The number of hydrogen-bond acceptors (Lipinski definition) is 5. The maximum absolute atomic E-state index is 11.8. The molecular weight excluding hydrogens is 398 g/mol. The van der Waals surface area contributed by atoms with Crippen LogP contribution >= 0.6 is 15.9 Å². The molecule has 0 radical (unpaired) electrons.